The van der Waals surface area contributed by atoms with Crippen molar-refractivity contribution < 1.29 is 26.3 Å². The van der Waals surface area contributed by atoms with Gasteiger partial charge < -0.3 is 18.6 Å². The van der Waals surface area contributed by atoms with Crippen LogP contribution in [0.3, 0.4) is 0 Å². The molecule has 0 saturated carbocycles. The average Bonchev–Trinajstić information content (AvgIpc) is 3.57. The number of hydrogen-bond acceptors (Lipinski definition) is 5. The molecule has 0 aliphatic rings. The third-order valence-electron chi connectivity index (χ3n) is 6.20. The van der Waals surface area contributed by atoms with Gasteiger partial charge in [-0.1, -0.05) is 11.7 Å². The molecular weight excluding hydrogens is 539 g/mol. The summed E-state index contributed by atoms with van der Waals surface area (Å²) >= 11 is 0. The molecule has 40 heavy (non-hydrogen) atoms. The lowest BCUT2D eigenvalue weighted by atomic mass is 9.92. The van der Waals surface area contributed by atoms with Gasteiger partial charge in [-0.15, -0.1) is 0 Å². The molecule has 9 nitrogen and oxygen atoms in total. The fourth-order valence-electron chi connectivity index (χ4n) is 4.46. The lowest BCUT2D eigenvalue weighted by Crippen LogP contribution is -2.44. The number of benzene rings is 3. The first-order valence-corrected chi connectivity index (χ1v) is 11.0. The topological polar surface area (TPSA) is 105 Å². The van der Waals surface area contributed by atoms with Crippen molar-refractivity contribution in [3.8, 4) is 12.1 Å². The number of nitrogens with zero attached hydrogens (tertiary/aromatic N) is 9. The number of aromatic nitrogens is 6. The van der Waals surface area contributed by atoms with Crippen molar-refractivity contribution in [3.05, 3.63) is 94.1 Å². The van der Waals surface area contributed by atoms with Crippen molar-refractivity contribution in [2.75, 3.05) is 0 Å². The highest BCUT2D eigenvalue weighted by Crippen LogP contribution is 2.31. The van der Waals surface area contributed by atoms with Crippen LogP contribution in [0.5, 0.6) is 0 Å². The zero-order valence-corrected chi connectivity index (χ0v) is 19.3. The molecule has 0 aliphatic carbocycles. The summed E-state index contributed by atoms with van der Waals surface area (Å²) in [5.41, 5.74) is -1.45. The fourth-order valence-corrected chi connectivity index (χ4v) is 4.46. The molecule has 0 amide bonds. The maximum atomic E-state index is 14.4. The van der Waals surface area contributed by atoms with E-state index in [1.54, 1.807) is 12.1 Å². The predicted molar refractivity (Wildman–Crippen MR) is 127 cm³/mol. The van der Waals surface area contributed by atoms with E-state index in [0.717, 1.165) is 13.8 Å². The molecule has 16 heteroatoms. The lowest BCUT2D eigenvalue weighted by Gasteiger charge is -2.29. The summed E-state index contributed by atoms with van der Waals surface area (Å²) in [6.07, 6.45) is 0. The molecule has 1 radical (unpaired) electrons. The van der Waals surface area contributed by atoms with E-state index in [4.69, 9.17) is 6.57 Å². The second kappa shape index (κ2) is 8.61. The SMILES string of the molecule is [C-]#[N+]c1nn([B-](n2nc(C#N)c3cc(F)c(F)cc32)n2nc(C#N)c3cc(F)c(F)cc32)c2cc(F)c(F)cc12. The summed E-state index contributed by atoms with van der Waals surface area (Å²) in [6, 6.07) is 7.70. The first-order valence-electron chi connectivity index (χ1n) is 11.0. The normalized spacial score (nSPS) is 11.4. The van der Waals surface area contributed by atoms with Crippen LogP contribution >= 0.6 is 0 Å². The number of rotatable bonds is 3. The zero-order valence-electron chi connectivity index (χ0n) is 19.3. The van der Waals surface area contributed by atoms with Crippen LogP contribution in [0, 0.1) is 64.1 Å². The van der Waals surface area contributed by atoms with E-state index < -0.39 is 59.2 Å². The van der Waals surface area contributed by atoms with Gasteiger partial charge in [0, 0.05) is 32.7 Å². The molecule has 0 atom stereocenters. The van der Waals surface area contributed by atoms with Crippen molar-refractivity contribution in [1.82, 2.24) is 29.1 Å². The summed E-state index contributed by atoms with van der Waals surface area (Å²) in [4.78, 5) is 3.22. The Balaban J connectivity index is 1.81. The molecule has 0 fully saturated rings. The van der Waals surface area contributed by atoms with Crippen LogP contribution in [0.1, 0.15) is 11.4 Å². The molecule has 0 bridgehead atoms. The molecule has 193 valence electrons. The molecule has 0 saturated heterocycles. The Hall–Kier alpha value is -5.82. The second-order valence-electron chi connectivity index (χ2n) is 8.39. The number of hydrogen-bond donors (Lipinski definition) is 0. The van der Waals surface area contributed by atoms with E-state index in [0.29, 0.717) is 36.4 Å². The molecule has 0 spiro atoms. The Kier molecular flexibility index (Phi) is 5.28. The number of nitriles is 2. The van der Waals surface area contributed by atoms with E-state index >= 15 is 0 Å². The van der Waals surface area contributed by atoms with Crippen molar-refractivity contribution in [1.29, 1.82) is 10.5 Å². The van der Waals surface area contributed by atoms with E-state index in [1.807, 2.05) is 0 Å². The third-order valence-corrected chi connectivity index (χ3v) is 6.20. The van der Waals surface area contributed by atoms with E-state index in [-0.39, 0.29) is 32.7 Å². The lowest BCUT2D eigenvalue weighted by molar-refractivity contribution is 0.510. The summed E-state index contributed by atoms with van der Waals surface area (Å²) in [7, 11) is -1.72. The zero-order chi connectivity index (χ0) is 28.5. The van der Waals surface area contributed by atoms with Crippen molar-refractivity contribution in [2.24, 2.45) is 0 Å². The van der Waals surface area contributed by atoms with Crippen LogP contribution in [-0.4, -0.2) is 36.2 Å². The van der Waals surface area contributed by atoms with Gasteiger partial charge in [0.1, 0.15) is 12.1 Å². The van der Waals surface area contributed by atoms with Crippen molar-refractivity contribution in [2.45, 2.75) is 0 Å². The summed E-state index contributed by atoms with van der Waals surface area (Å²) in [5.74, 6) is -8.32. The molecule has 0 aliphatic heterocycles. The van der Waals surface area contributed by atoms with Gasteiger partial charge in [-0.2, -0.15) is 10.5 Å². The van der Waals surface area contributed by atoms with Gasteiger partial charge in [0.05, 0.1) is 0 Å². The second-order valence-corrected chi connectivity index (χ2v) is 8.39. The van der Waals surface area contributed by atoms with Crippen molar-refractivity contribution in [3.63, 3.8) is 0 Å². The Morgan fingerprint density at radius 3 is 1.35 bits per heavy atom. The summed E-state index contributed by atoms with van der Waals surface area (Å²) < 4.78 is 88.3. The molecule has 6 rings (SSSR count). The van der Waals surface area contributed by atoms with Crippen LogP contribution < -0.4 is 0 Å². The maximum absolute atomic E-state index is 14.4. The molecule has 0 unspecified atom stereocenters. The van der Waals surface area contributed by atoms with Crippen LogP contribution in [0.2, 0.25) is 0 Å². The highest BCUT2D eigenvalue weighted by molar-refractivity contribution is 6.56. The molecule has 0 N–H and O–H groups in total. The first-order chi connectivity index (χ1) is 19.2. The van der Waals surface area contributed by atoms with Gasteiger partial charge in [-0.05, 0) is 36.4 Å². The average molecular weight is 545 g/mol. The third kappa shape index (κ3) is 3.38. The maximum Gasteiger partial charge on any atom is 0.298 e. The Labute approximate surface area is 218 Å². The standard InChI is InChI=1S/C24H6BF6N9/c1-34-24-12-4-15(28)18(31)7-23(12)40(37-24)25(38-21-5-16(29)13(26)2-10(21)19(8-32)35-38)39-22-6-17(30)14(27)3-11(22)20(9-33)36-39/h2-7H/q-1. The van der Waals surface area contributed by atoms with Crippen molar-refractivity contribution >= 4 is 45.6 Å². The molecular formula is C24H6BF6N9-. The Morgan fingerprint density at radius 1 is 0.600 bits per heavy atom. The van der Waals surface area contributed by atoms with Gasteiger partial charge >= 0.3 is 0 Å². The minimum absolute atomic E-state index is 0.165. The Bertz CT molecular complexity index is 1950. The predicted octanol–water partition coefficient (Wildman–Crippen LogP) is 4.79. The van der Waals surface area contributed by atoms with Crippen LogP contribution in [0.15, 0.2) is 36.4 Å². The molecule has 6 aromatic rings. The summed E-state index contributed by atoms with van der Waals surface area (Å²) in [5, 5.41) is 31.1. The highest BCUT2D eigenvalue weighted by atomic mass is 19.2. The minimum atomic E-state index is -1.72. The van der Waals surface area contributed by atoms with Gasteiger partial charge in [0.25, 0.3) is 12.9 Å². The molecule has 3 aromatic heterocycles. The highest BCUT2D eigenvalue weighted by Gasteiger charge is 2.26. The first kappa shape index (κ1) is 24.5. The van der Waals surface area contributed by atoms with E-state index in [1.165, 1.54) is 0 Å². The fraction of sp³-hybridized carbons (Fsp3) is 0. The molecule has 3 heterocycles. The van der Waals surface area contributed by atoms with Gasteiger partial charge in [-0.3, -0.25) is 0 Å². The van der Waals surface area contributed by atoms with Gasteiger partial charge in [0.15, 0.2) is 46.3 Å². The summed E-state index contributed by atoms with van der Waals surface area (Å²) in [6.45, 7) is 7.47. The monoisotopic (exact) mass is 545 g/mol. The van der Waals surface area contributed by atoms with Crippen LogP contribution in [-0.2, 0) is 0 Å². The van der Waals surface area contributed by atoms with Crippen LogP contribution in [0.4, 0.5) is 32.2 Å². The van der Waals surface area contributed by atoms with Gasteiger partial charge in [0.2, 0.25) is 0 Å². The quantitative estimate of drug-likeness (QED) is 0.181. The largest absolute Gasteiger partial charge is 0.415 e. The van der Waals surface area contributed by atoms with E-state index in [2.05, 4.69) is 20.1 Å². The molecule has 3 aromatic carbocycles. The number of halogens is 6. The van der Waals surface area contributed by atoms with Gasteiger partial charge in [-0.25, -0.2) is 36.5 Å². The minimum Gasteiger partial charge on any atom is -0.415 e. The Morgan fingerprint density at radius 2 is 0.950 bits per heavy atom. The van der Waals surface area contributed by atoms with Crippen LogP contribution in [0.25, 0.3) is 37.6 Å². The number of fused-ring (bicyclic) bond motifs is 3. The smallest absolute Gasteiger partial charge is 0.298 e. The van der Waals surface area contributed by atoms with E-state index in [9.17, 15) is 36.9 Å².